The van der Waals surface area contributed by atoms with E-state index in [1.807, 2.05) is 6.92 Å². The van der Waals surface area contributed by atoms with Crippen LogP contribution in [-0.4, -0.2) is 9.78 Å². The Balaban J connectivity index is 1.99. The van der Waals surface area contributed by atoms with Crippen LogP contribution in [0.3, 0.4) is 0 Å². The van der Waals surface area contributed by atoms with E-state index in [1.54, 1.807) is 0 Å². The first-order valence-electron chi connectivity index (χ1n) is 11.7. The third kappa shape index (κ3) is 4.10. The number of rotatable bonds is 6. The van der Waals surface area contributed by atoms with Crippen molar-refractivity contribution < 1.29 is 0 Å². The van der Waals surface area contributed by atoms with Gasteiger partial charge in [0.05, 0.1) is 0 Å². The molecule has 4 heteroatoms. The average molecular weight is 539 g/mol. The summed E-state index contributed by atoms with van der Waals surface area (Å²) in [6, 6.07) is 45.2. The van der Waals surface area contributed by atoms with Crippen LogP contribution in [0, 0.1) is 13.8 Å². The number of hydrogen-bond acceptors (Lipinski definition) is 1. The van der Waals surface area contributed by atoms with Gasteiger partial charge in [0.25, 0.3) is 0 Å². The van der Waals surface area contributed by atoms with E-state index in [1.165, 1.54) is 15.9 Å². The molecule has 1 heterocycles. The zero-order valence-electron chi connectivity index (χ0n) is 19.9. The second kappa shape index (κ2) is 9.41. The first-order valence-corrected chi connectivity index (χ1v) is 16.1. The van der Waals surface area contributed by atoms with Gasteiger partial charge in [0.15, 0.2) is 0 Å². The number of aromatic nitrogens is 2. The van der Waals surface area contributed by atoms with Gasteiger partial charge in [0.2, 0.25) is 0 Å². The molecule has 0 aliphatic rings. The molecule has 5 aromatic rings. The van der Waals surface area contributed by atoms with E-state index in [4.69, 9.17) is 5.10 Å². The SMILES string of the molecule is Cc1cc(C)n(C(=CP(Br)(c2ccccc2)(c2ccccc2)c2ccccc2)c2ccccc2)n1. The van der Waals surface area contributed by atoms with E-state index in [-0.39, 0.29) is 0 Å². The predicted octanol–water partition coefficient (Wildman–Crippen LogP) is 7.19. The molecule has 0 atom stereocenters. The second-order valence-corrected chi connectivity index (χ2v) is 17.2. The van der Waals surface area contributed by atoms with E-state index in [9.17, 15) is 0 Å². The fourth-order valence-corrected chi connectivity index (χ4v) is 11.8. The van der Waals surface area contributed by atoms with Gasteiger partial charge >= 0.3 is 216 Å². The normalized spacial score (nSPS) is 13.2. The van der Waals surface area contributed by atoms with Crippen molar-refractivity contribution in [1.29, 1.82) is 0 Å². The summed E-state index contributed by atoms with van der Waals surface area (Å²) in [7, 11) is 0. The molecule has 5 rings (SSSR count). The number of nitrogens with zero attached hydrogens (tertiary/aromatic N) is 2. The van der Waals surface area contributed by atoms with Crippen molar-refractivity contribution in [3.05, 3.63) is 150 Å². The van der Waals surface area contributed by atoms with Crippen molar-refractivity contribution in [2.24, 2.45) is 0 Å². The molecule has 0 saturated carbocycles. The Morgan fingerprint density at radius 1 is 0.657 bits per heavy atom. The van der Waals surface area contributed by atoms with Gasteiger partial charge in [-0.25, -0.2) is 0 Å². The van der Waals surface area contributed by atoms with Crippen LogP contribution in [0.15, 0.2) is 133 Å². The molecule has 4 aromatic carbocycles. The molecule has 1 aromatic heterocycles. The molecular formula is C31H28BrN2P. The summed E-state index contributed by atoms with van der Waals surface area (Å²) in [6.07, 6.45) is 0. The van der Waals surface area contributed by atoms with E-state index >= 15 is 0 Å². The molecular weight excluding hydrogens is 511 g/mol. The zero-order valence-corrected chi connectivity index (χ0v) is 22.4. The summed E-state index contributed by atoms with van der Waals surface area (Å²) in [5, 5.41) is 5.35. The van der Waals surface area contributed by atoms with Gasteiger partial charge in [0, 0.05) is 0 Å². The molecule has 0 aliphatic carbocycles. The van der Waals surface area contributed by atoms with Gasteiger partial charge in [-0.2, -0.15) is 0 Å². The van der Waals surface area contributed by atoms with E-state index < -0.39 is 5.31 Å². The summed E-state index contributed by atoms with van der Waals surface area (Å²) in [5.74, 6) is 2.46. The average Bonchev–Trinajstić information content (AvgIpc) is 3.26. The molecule has 0 unspecified atom stereocenters. The minimum absolute atomic E-state index is 0.998. The molecule has 0 amide bonds. The van der Waals surface area contributed by atoms with Crippen LogP contribution in [0.1, 0.15) is 17.0 Å². The molecule has 2 nitrogen and oxygen atoms in total. The molecule has 0 bridgehead atoms. The fourth-order valence-electron chi connectivity index (χ4n) is 4.79. The summed E-state index contributed by atoms with van der Waals surface area (Å²) in [4.78, 5) is 0. The second-order valence-electron chi connectivity index (χ2n) is 8.80. The van der Waals surface area contributed by atoms with Crippen LogP contribution in [0.4, 0.5) is 0 Å². The van der Waals surface area contributed by atoms with Gasteiger partial charge in [0.1, 0.15) is 0 Å². The Labute approximate surface area is 215 Å². The fraction of sp³-hybridized carbons (Fsp3) is 0.0645. The van der Waals surface area contributed by atoms with Crippen LogP contribution in [0.25, 0.3) is 5.70 Å². The maximum atomic E-state index is 4.93. The van der Waals surface area contributed by atoms with Crippen molar-refractivity contribution in [3.63, 3.8) is 0 Å². The van der Waals surface area contributed by atoms with Crippen LogP contribution in [0.5, 0.6) is 0 Å². The molecule has 0 saturated heterocycles. The summed E-state index contributed by atoms with van der Waals surface area (Å²) < 4.78 is 2.09. The first kappa shape index (κ1) is 23.5. The molecule has 174 valence electrons. The van der Waals surface area contributed by atoms with Gasteiger partial charge in [-0.3, -0.25) is 0 Å². The van der Waals surface area contributed by atoms with Crippen molar-refractivity contribution in [2.75, 3.05) is 0 Å². The van der Waals surface area contributed by atoms with Gasteiger partial charge in [-0.05, 0) is 0 Å². The maximum absolute atomic E-state index is 4.93. The summed E-state index contributed by atoms with van der Waals surface area (Å²) >= 11 is 4.56. The van der Waals surface area contributed by atoms with Gasteiger partial charge in [-0.1, -0.05) is 0 Å². The third-order valence-electron chi connectivity index (χ3n) is 6.46. The quantitative estimate of drug-likeness (QED) is 0.209. The molecule has 0 N–H and O–H groups in total. The molecule has 0 fully saturated rings. The number of benzene rings is 4. The van der Waals surface area contributed by atoms with Crippen molar-refractivity contribution >= 4 is 42.4 Å². The van der Waals surface area contributed by atoms with E-state index in [2.05, 4.69) is 160 Å². The topological polar surface area (TPSA) is 17.8 Å². The number of halogens is 1. The van der Waals surface area contributed by atoms with E-state index in [0.29, 0.717) is 0 Å². The van der Waals surface area contributed by atoms with Crippen LogP contribution >= 0.6 is 20.8 Å². The third-order valence-corrected chi connectivity index (χ3v) is 15.4. The Hall–Kier alpha value is -3.26. The van der Waals surface area contributed by atoms with Crippen LogP contribution in [0.2, 0.25) is 0 Å². The Bertz CT molecular complexity index is 1360. The number of aryl methyl sites for hydroxylation is 2. The summed E-state index contributed by atoms with van der Waals surface area (Å²) in [6.45, 7) is 4.17. The van der Waals surface area contributed by atoms with Crippen molar-refractivity contribution in [1.82, 2.24) is 9.78 Å². The Morgan fingerprint density at radius 2 is 1.06 bits per heavy atom. The Kier molecular flexibility index (Phi) is 6.32. The van der Waals surface area contributed by atoms with Crippen molar-refractivity contribution in [3.8, 4) is 0 Å². The predicted molar refractivity (Wildman–Crippen MR) is 156 cm³/mol. The van der Waals surface area contributed by atoms with Crippen molar-refractivity contribution in [2.45, 2.75) is 13.8 Å². The van der Waals surface area contributed by atoms with Crippen LogP contribution < -0.4 is 15.9 Å². The first-order chi connectivity index (χ1) is 17.0. The monoisotopic (exact) mass is 538 g/mol. The molecule has 0 radical (unpaired) electrons. The van der Waals surface area contributed by atoms with E-state index in [0.717, 1.165) is 22.6 Å². The zero-order chi connectivity index (χ0) is 24.3. The van der Waals surface area contributed by atoms with Gasteiger partial charge in [-0.15, -0.1) is 0 Å². The molecule has 0 aliphatic heterocycles. The van der Waals surface area contributed by atoms with Gasteiger partial charge < -0.3 is 0 Å². The molecule has 0 spiro atoms. The minimum atomic E-state index is -3.30. The number of hydrogen-bond donors (Lipinski definition) is 0. The van der Waals surface area contributed by atoms with Crippen LogP contribution in [-0.2, 0) is 0 Å². The standard InChI is InChI=1S/C31H28BrN2P/c1-25-23-26(2)34(33-25)31(27-15-7-3-8-16-27)24-35(32,28-17-9-4-10-18-28,29-19-11-5-12-20-29)30-21-13-6-14-22-30/h3-24H,1-2H3. The summed E-state index contributed by atoms with van der Waals surface area (Å²) in [5.41, 5.74) is 4.28. The Morgan fingerprint density at radius 3 is 1.43 bits per heavy atom. The molecule has 35 heavy (non-hydrogen) atoms.